The van der Waals surface area contributed by atoms with Crippen molar-refractivity contribution in [3.05, 3.63) is 29.6 Å². The van der Waals surface area contributed by atoms with Gasteiger partial charge in [0.15, 0.2) is 0 Å². The van der Waals surface area contributed by atoms with Crippen molar-refractivity contribution in [1.82, 2.24) is 15.2 Å². The minimum atomic E-state index is -1.12. The van der Waals surface area contributed by atoms with Crippen molar-refractivity contribution in [2.75, 3.05) is 13.1 Å². The molecule has 0 aliphatic carbocycles. The van der Waals surface area contributed by atoms with Crippen molar-refractivity contribution in [2.24, 2.45) is 0 Å². The van der Waals surface area contributed by atoms with E-state index in [1.807, 2.05) is 6.92 Å². The molecule has 0 spiro atoms. The van der Waals surface area contributed by atoms with Gasteiger partial charge in [-0.15, -0.1) is 0 Å². The molecule has 23 heavy (non-hydrogen) atoms. The molecular weight excluding hydrogens is 298 g/mol. The molecule has 1 aromatic rings. The third-order valence-electron chi connectivity index (χ3n) is 3.92. The van der Waals surface area contributed by atoms with Crippen LogP contribution in [0.3, 0.4) is 0 Å². The van der Waals surface area contributed by atoms with Crippen LogP contribution in [0.4, 0.5) is 0 Å². The van der Waals surface area contributed by atoms with Crippen LogP contribution in [0.2, 0.25) is 0 Å². The molecule has 0 radical (unpaired) electrons. The second kappa shape index (κ2) is 7.71. The summed E-state index contributed by atoms with van der Waals surface area (Å²) in [4.78, 5) is 41.0. The standard InChI is InChI=1S/C16H21N3O4/c1-2-18-14(20)8-13-5-3-4-6-19(13)15(21)11-7-12(16(22)23)10-17-9-11/h7,9-10,13H,2-6,8H2,1H3,(H,18,20)(H,22,23). The van der Waals surface area contributed by atoms with E-state index in [1.165, 1.54) is 18.5 Å². The number of pyridine rings is 1. The van der Waals surface area contributed by atoms with Crippen molar-refractivity contribution < 1.29 is 19.5 Å². The molecule has 124 valence electrons. The van der Waals surface area contributed by atoms with Gasteiger partial charge < -0.3 is 15.3 Å². The van der Waals surface area contributed by atoms with Crippen molar-refractivity contribution in [3.63, 3.8) is 0 Å². The lowest BCUT2D eigenvalue weighted by atomic mass is 9.98. The molecule has 2 N–H and O–H groups in total. The van der Waals surface area contributed by atoms with E-state index in [1.54, 1.807) is 4.90 Å². The summed E-state index contributed by atoms with van der Waals surface area (Å²) in [6.45, 7) is 2.98. The number of aromatic carboxylic acids is 1. The van der Waals surface area contributed by atoms with Crippen LogP contribution >= 0.6 is 0 Å². The number of piperidine rings is 1. The van der Waals surface area contributed by atoms with E-state index in [2.05, 4.69) is 10.3 Å². The predicted molar refractivity (Wildman–Crippen MR) is 83.2 cm³/mol. The minimum Gasteiger partial charge on any atom is -0.478 e. The number of nitrogens with one attached hydrogen (secondary N) is 1. The molecular formula is C16H21N3O4. The van der Waals surface area contributed by atoms with Gasteiger partial charge in [-0.3, -0.25) is 14.6 Å². The number of carboxylic acids is 1. The highest BCUT2D eigenvalue weighted by molar-refractivity contribution is 5.97. The van der Waals surface area contributed by atoms with E-state index in [0.29, 0.717) is 13.1 Å². The number of carboxylic acid groups (broad SMARTS) is 1. The Labute approximate surface area is 134 Å². The number of aromatic nitrogens is 1. The van der Waals surface area contributed by atoms with Crippen molar-refractivity contribution >= 4 is 17.8 Å². The Bertz CT molecular complexity index is 603. The van der Waals surface area contributed by atoms with Gasteiger partial charge in [-0.1, -0.05) is 0 Å². The SMILES string of the molecule is CCNC(=O)CC1CCCCN1C(=O)c1cncc(C(=O)O)c1. The summed E-state index contributed by atoms with van der Waals surface area (Å²) in [5.74, 6) is -1.46. The van der Waals surface area contributed by atoms with Crippen LogP contribution in [0, 0.1) is 0 Å². The molecule has 7 nitrogen and oxygen atoms in total. The normalized spacial score (nSPS) is 17.6. The van der Waals surface area contributed by atoms with E-state index in [9.17, 15) is 14.4 Å². The Hall–Kier alpha value is -2.44. The molecule has 1 fully saturated rings. The zero-order valence-corrected chi connectivity index (χ0v) is 13.1. The molecule has 1 saturated heterocycles. The third-order valence-corrected chi connectivity index (χ3v) is 3.92. The lowest BCUT2D eigenvalue weighted by Gasteiger charge is -2.35. The minimum absolute atomic E-state index is 0.0202. The van der Waals surface area contributed by atoms with Gasteiger partial charge >= 0.3 is 5.97 Å². The van der Waals surface area contributed by atoms with Gasteiger partial charge in [0.05, 0.1) is 11.1 Å². The lowest BCUT2D eigenvalue weighted by Crippen LogP contribution is -2.46. The molecule has 1 aliphatic rings. The number of likely N-dealkylation sites (tertiary alicyclic amines) is 1. The Morgan fingerprint density at radius 2 is 2.04 bits per heavy atom. The first-order chi connectivity index (χ1) is 11.0. The van der Waals surface area contributed by atoms with E-state index < -0.39 is 5.97 Å². The van der Waals surface area contributed by atoms with Gasteiger partial charge in [-0.05, 0) is 32.3 Å². The summed E-state index contributed by atoms with van der Waals surface area (Å²) in [6, 6.07) is 1.17. The highest BCUT2D eigenvalue weighted by Crippen LogP contribution is 2.22. The Kier molecular flexibility index (Phi) is 5.67. The van der Waals surface area contributed by atoms with Gasteiger partial charge in [0, 0.05) is 37.9 Å². The number of rotatable bonds is 5. The summed E-state index contributed by atoms with van der Waals surface area (Å²) in [6.07, 6.45) is 5.47. The summed E-state index contributed by atoms with van der Waals surface area (Å²) < 4.78 is 0. The summed E-state index contributed by atoms with van der Waals surface area (Å²) in [7, 11) is 0. The molecule has 7 heteroatoms. The van der Waals surface area contributed by atoms with Gasteiger partial charge in [-0.25, -0.2) is 4.79 Å². The van der Waals surface area contributed by atoms with E-state index in [4.69, 9.17) is 5.11 Å². The van der Waals surface area contributed by atoms with Crippen LogP contribution in [-0.4, -0.2) is 51.9 Å². The van der Waals surface area contributed by atoms with Gasteiger partial charge in [0.25, 0.3) is 5.91 Å². The van der Waals surface area contributed by atoms with Crippen molar-refractivity contribution in [1.29, 1.82) is 0 Å². The van der Waals surface area contributed by atoms with E-state index >= 15 is 0 Å². The maximum atomic E-state index is 12.7. The van der Waals surface area contributed by atoms with Crippen LogP contribution in [0.25, 0.3) is 0 Å². The number of amides is 2. The first kappa shape index (κ1) is 16.9. The zero-order valence-electron chi connectivity index (χ0n) is 13.1. The third kappa shape index (κ3) is 4.28. The fourth-order valence-corrected chi connectivity index (χ4v) is 2.80. The zero-order chi connectivity index (χ0) is 16.8. The van der Waals surface area contributed by atoms with Crippen LogP contribution < -0.4 is 5.32 Å². The molecule has 0 saturated carbocycles. The number of hydrogen-bond acceptors (Lipinski definition) is 4. The quantitative estimate of drug-likeness (QED) is 0.852. The molecule has 0 bridgehead atoms. The van der Waals surface area contributed by atoms with Crippen molar-refractivity contribution in [3.8, 4) is 0 Å². The topological polar surface area (TPSA) is 99.6 Å². The second-order valence-electron chi connectivity index (χ2n) is 5.57. The maximum absolute atomic E-state index is 12.7. The molecule has 1 aromatic heterocycles. The molecule has 0 aromatic carbocycles. The summed E-state index contributed by atoms with van der Waals surface area (Å²) >= 11 is 0. The Morgan fingerprint density at radius 3 is 2.74 bits per heavy atom. The first-order valence-corrected chi connectivity index (χ1v) is 7.79. The van der Waals surface area contributed by atoms with Crippen LogP contribution in [-0.2, 0) is 4.79 Å². The first-order valence-electron chi connectivity index (χ1n) is 7.79. The molecule has 2 heterocycles. The highest BCUT2D eigenvalue weighted by atomic mass is 16.4. The molecule has 1 unspecified atom stereocenters. The van der Waals surface area contributed by atoms with Crippen molar-refractivity contribution in [2.45, 2.75) is 38.6 Å². The number of carbonyl (C=O) groups is 3. The molecule has 1 atom stereocenters. The predicted octanol–water partition coefficient (Wildman–Crippen LogP) is 1.30. The van der Waals surface area contributed by atoms with Gasteiger partial charge in [0.2, 0.25) is 5.91 Å². The smallest absolute Gasteiger partial charge is 0.337 e. The summed E-state index contributed by atoms with van der Waals surface area (Å²) in [5.41, 5.74) is 0.223. The van der Waals surface area contributed by atoms with Crippen LogP contribution in [0.1, 0.15) is 53.3 Å². The Morgan fingerprint density at radius 1 is 1.30 bits per heavy atom. The van der Waals surface area contributed by atoms with Gasteiger partial charge in [0.1, 0.15) is 0 Å². The fourth-order valence-electron chi connectivity index (χ4n) is 2.80. The van der Waals surface area contributed by atoms with Crippen LogP contribution in [0.5, 0.6) is 0 Å². The molecule has 2 amide bonds. The van der Waals surface area contributed by atoms with E-state index in [-0.39, 0.29) is 35.4 Å². The number of nitrogens with zero attached hydrogens (tertiary/aromatic N) is 2. The van der Waals surface area contributed by atoms with Gasteiger partial charge in [-0.2, -0.15) is 0 Å². The van der Waals surface area contributed by atoms with Crippen LogP contribution in [0.15, 0.2) is 18.5 Å². The number of carbonyl (C=O) groups excluding carboxylic acids is 2. The highest BCUT2D eigenvalue weighted by Gasteiger charge is 2.29. The van der Waals surface area contributed by atoms with E-state index in [0.717, 1.165) is 19.3 Å². The Balaban J connectivity index is 2.16. The average molecular weight is 319 g/mol. The summed E-state index contributed by atoms with van der Waals surface area (Å²) in [5, 5.41) is 11.8. The molecule has 2 rings (SSSR count). The maximum Gasteiger partial charge on any atom is 0.337 e. The second-order valence-corrected chi connectivity index (χ2v) is 5.57. The largest absolute Gasteiger partial charge is 0.478 e. The average Bonchev–Trinajstić information content (AvgIpc) is 2.55. The lowest BCUT2D eigenvalue weighted by molar-refractivity contribution is -0.122. The molecule has 1 aliphatic heterocycles. The fraction of sp³-hybridized carbons (Fsp3) is 0.500. The number of hydrogen-bond donors (Lipinski definition) is 2. The monoisotopic (exact) mass is 319 g/mol.